The van der Waals surface area contributed by atoms with Gasteiger partial charge in [0, 0.05) is 55.9 Å². The van der Waals surface area contributed by atoms with E-state index in [0.717, 1.165) is 17.1 Å². The van der Waals surface area contributed by atoms with Crippen LogP contribution in [0, 0.1) is 0 Å². The molecule has 1 N–H and O–H groups in total. The summed E-state index contributed by atoms with van der Waals surface area (Å²) in [6, 6.07) is 21.8. The number of nitrogens with zero attached hydrogens (tertiary/aromatic N) is 5. The van der Waals surface area contributed by atoms with E-state index in [0.29, 0.717) is 55.1 Å². The minimum atomic E-state index is -3.63. The maximum absolute atomic E-state index is 13.4. The Morgan fingerprint density at radius 3 is 2.42 bits per heavy atom. The molecule has 1 fully saturated rings. The predicted molar refractivity (Wildman–Crippen MR) is 154 cm³/mol. The molecule has 4 heterocycles. The van der Waals surface area contributed by atoms with Gasteiger partial charge in [-0.05, 0) is 66.3 Å². The van der Waals surface area contributed by atoms with Crippen molar-refractivity contribution in [1.82, 2.24) is 23.9 Å². The van der Waals surface area contributed by atoms with Crippen LogP contribution in [-0.4, -0.2) is 53.2 Å². The summed E-state index contributed by atoms with van der Waals surface area (Å²) in [4.78, 5) is 9.22. The third-order valence-corrected chi connectivity index (χ3v) is 8.94. The average molecular weight is 550 g/mol. The summed E-state index contributed by atoms with van der Waals surface area (Å²) in [6.45, 7) is 1.36. The number of benzene rings is 2. The Morgan fingerprint density at radius 1 is 0.950 bits per heavy atom. The third-order valence-electron chi connectivity index (χ3n) is 7.03. The van der Waals surface area contributed by atoms with E-state index in [2.05, 4.69) is 15.4 Å². The minimum absolute atomic E-state index is 0.0892. The Balaban J connectivity index is 1.15. The lowest BCUT2D eigenvalue weighted by atomic mass is 9.94. The molecule has 0 bridgehead atoms. The molecule has 0 saturated carbocycles. The molecule has 6 rings (SSSR count). The molecule has 0 spiro atoms. The number of para-hydroxylation sites is 1. The van der Waals surface area contributed by atoms with Crippen LogP contribution in [0.5, 0.6) is 11.5 Å². The van der Waals surface area contributed by atoms with Crippen LogP contribution in [-0.2, 0) is 16.6 Å². The number of sulfonamides is 1. The van der Waals surface area contributed by atoms with E-state index in [4.69, 9.17) is 17.6 Å². The first-order chi connectivity index (χ1) is 19.5. The largest absolute Gasteiger partial charge is 0.457 e. The normalized spacial score (nSPS) is 14.8. The SMILES string of the molecule is [B]c1cnn2c(NCc3cccnc3)cc(C3CCN(S(=O)(=O)c4ccc(Oc5ccccc5)cc4)CC3)nc12. The van der Waals surface area contributed by atoms with Crippen molar-refractivity contribution in [2.24, 2.45) is 0 Å². The van der Waals surface area contributed by atoms with Crippen LogP contribution >= 0.6 is 0 Å². The third kappa shape index (κ3) is 5.43. The van der Waals surface area contributed by atoms with Gasteiger partial charge >= 0.3 is 0 Å². The van der Waals surface area contributed by atoms with Gasteiger partial charge in [-0.25, -0.2) is 13.4 Å². The van der Waals surface area contributed by atoms with Crippen molar-refractivity contribution >= 4 is 34.8 Å². The lowest BCUT2D eigenvalue weighted by Gasteiger charge is -2.31. The summed E-state index contributed by atoms with van der Waals surface area (Å²) in [5.41, 5.74) is 2.98. The summed E-state index contributed by atoms with van der Waals surface area (Å²) >= 11 is 0. The second-order valence-electron chi connectivity index (χ2n) is 9.68. The Labute approximate surface area is 234 Å². The van der Waals surface area contributed by atoms with Crippen LogP contribution in [0.15, 0.2) is 96.3 Å². The molecular formula is C29H27BN6O3S. The van der Waals surface area contributed by atoms with Gasteiger partial charge in [0.1, 0.15) is 30.8 Å². The lowest BCUT2D eigenvalue weighted by molar-refractivity contribution is 0.317. The predicted octanol–water partition coefficient (Wildman–Crippen LogP) is 3.89. The highest BCUT2D eigenvalue weighted by Gasteiger charge is 2.31. The zero-order valence-corrected chi connectivity index (χ0v) is 22.5. The highest BCUT2D eigenvalue weighted by atomic mass is 32.2. The molecule has 0 unspecified atom stereocenters. The molecule has 40 heavy (non-hydrogen) atoms. The molecule has 1 aliphatic rings. The van der Waals surface area contributed by atoms with Crippen molar-refractivity contribution in [3.63, 3.8) is 0 Å². The van der Waals surface area contributed by atoms with E-state index in [-0.39, 0.29) is 10.8 Å². The number of ether oxygens (including phenoxy) is 1. The van der Waals surface area contributed by atoms with Crippen LogP contribution < -0.4 is 15.5 Å². The van der Waals surface area contributed by atoms with Gasteiger partial charge in [0.15, 0.2) is 0 Å². The Kier molecular flexibility index (Phi) is 7.23. The van der Waals surface area contributed by atoms with E-state index >= 15 is 0 Å². The quantitative estimate of drug-likeness (QED) is 0.293. The monoisotopic (exact) mass is 550 g/mol. The van der Waals surface area contributed by atoms with Crippen LogP contribution in [0.4, 0.5) is 5.82 Å². The number of pyridine rings is 1. The zero-order chi connectivity index (χ0) is 27.5. The van der Waals surface area contributed by atoms with E-state index in [1.807, 2.05) is 54.7 Å². The van der Waals surface area contributed by atoms with Crippen LogP contribution in [0.3, 0.4) is 0 Å². The minimum Gasteiger partial charge on any atom is -0.457 e. The number of aromatic nitrogens is 4. The van der Waals surface area contributed by atoms with Crippen molar-refractivity contribution in [2.45, 2.75) is 30.2 Å². The van der Waals surface area contributed by atoms with Gasteiger partial charge in [-0.15, -0.1) is 0 Å². The van der Waals surface area contributed by atoms with Crippen LogP contribution in [0.1, 0.15) is 30.0 Å². The van der Waals surface area contributed by atoms with Crippen molar-refractivity contribution in [1.29, 1.82) is 0 Å². The Hall–Kier alpha value is -4.22. The summed E-state index contributed by atoms with van der Waals surface area (Å²) in [5.74, 6) is 2.14. The summed E-state index contributed by atoms with van der Waals surface area (Å²) < 4.78 is 35.8. The van der Waals surface area contributed by atoms with E-state index in [1.165, 1.54) is 0 Å². The van der Waals surface area contributed by atoms with Crippen LogP contribution in [0.2, 0.25) is 0 Å². The van der Waals surface area contributed by atoms with E-state index < -0.39 is 10.0 Å². The molecule has 200 valence electrons. The van der Waals surface area contributed by atoms with E-state index in [1.54, 1.807) is 45.5 Å². The topological polar surface area (TPSA) is 102 Å². The number of hydrogen-bond donors (Lipinski definition) is 1. The second kappa shape index (κ2) is 11.1. The second-order valence-corrected chi connectivity index (χ2v) is 11.6. The molecule has 3 aromatic heterocycles. The average Bonchev–Trinajstić information content (AvgIpc) is 3.38. The number of fused-ring (bicyclic) bond motifs is 1. The summed E-state index contributed by atoms with van der Waals surface area (Å²) in [6.07, 6.45) is 6.43. The Bertz CT molecular complexity index is 1710. The van der Waals surface area contributed by atoms with Crippen LogP contribution in [0.25, 0.3) is 5.65 Å². The van der Waals surface area contributed by atoms with Gasteiger partial charge in [0.2, 0.25) is 10.0 Å². The van der Waals surface area contributed by atoms with Gasteiger partial charge in [-0.2, -0.15) is 13.9 Å². The first kappa shape index (κ1) is 26.0. The van der Waals surface area contributed by atoms with Gasteiger partial charge in [-0.1, -0.05) is 24.3 Å². The summed E-state index contributed by atoms with van der Waals surface area (Å²) in [5, 5.41) is 7.80. The van der Waals surface area contributed by atoms with Gasteiger partial charge in [-0.3, -0.25) is 4.98 Å². The maximum atomic E-state index is 13.4. The molecule has 0 amide bonds. The molecule has 2 radical (unpaired) electrons. The highest BCUT2D eigenvalue weighted by Crippen LogP contribution is 2.32. The van der Waals surface area contributed by atoms with Gasteiger partial charge in [0.25, 0.3) is 0 Å². The number of anilines is 1. The molecule has 0 aliphatic carbocycles. The number of hydrogen-bond acceptors (Lipinski definition) is 7. The van der Waals surface area contributed by atoms with Crippen molar-refractivity contribution in [3.8, 4) is 11.5 Å². The molecule has 2 aromatic carbocycles. The Morgan fingerprint density at radius 2 is 1.70 bits per heavy atom. The molecule has 11 heteroatoms. The number of nitrogens with one attached hydrogen (secondary N) is 1. The van der Waals surface area contributed by atoms with Gasteiger partial charge < -0.3 is 10.1 Å². The molecule has 1 aliphatic heterocycles. The number of rotatable bonds is 8. The zero-order valence-electron chi connectivity index (χ0n) is 21.7. The van der Waals surface area contributed by atoms with Crippen molar-refractivity contribution in [2.75, 3.05) is 18.4 Å². The first-order valence-electron chi connectivity index (χ1n) is 13.1. The standard InChI is InChI=1S/C29H27BN6O3S/c30-26-20-33-36-28(32-19-21-5-4-14-31-18-21)17-27(34-29(26)36)22-12-15-35(16-13-22)40(37,38)25-10-8-24(9-11-25)39-23-6-2-1-3-7-23/h1-11,14,17-18,20,22,32H,12-13,15-16,19H2. The van der Waals surface area contributed by atoms with Crippen molar-refractivity contribution < 1.29 is 13.2 Å². The molecule has 5 aromatic rings. The molecule has 9 nitrogen and oxygen atoms in total. The first-order valence-corrected chi connectivity index (χ1v) is 14.5. The fourth-order valence-corrected chi connectivity index (χ4v) is 6.34. The summed E-state index contributed by atoms with van der Waals surface area (Å²) in [7, 11) is 2.54. The smallest absolute Gasteiger partial charge is 0.243 e. The molecule has 0 atom stereocenters. The number of piperidine rings is 1. The fraction of sp³-hybridized carbons (Fsp3) is 0.207. The van der Waals surface area contributed by atoms with E-state index in [9.17, 15) is 8.42 Å². The maximum Gasteiger partial charge on any atom is 0.243 e. The van der Waals surface area contributed by atoms with Crippen molar-refractivity contribution in [3.05, 3.63) is 103 Å². The molecular weight excluding hydrogens is 523 g/mol. The lowest BCUT2D eigenvalue weighted by Crippen LogP contribution is -2.38. The van der Waals surface area contributed by atoms with Gasteiger partial charge in [0.05, 0.1) is 4.90 Å². The molecule has 1 saturated heterocycles. The fourth-order valence-electron chi connectivity index (χ4n) is 4.87. The highest BCUT2D eigenvalue weighted by molar-refractivity contribution is 7.89.